The van der Waals surface area contributed by atoms with Crippen molar-refractivity contribution in [1.29, 1.82) is 0 Å². The smallest absolute Gasteiger partial charge is 0.243 e. The Morgan fingerprint density at radius 1 is 1.00 bits per heavy atom. The molecule has 0 aliphatic carbocycles. The molecule has 0 aliphatic rings. The molecule has 4 heteroatoms. The zero-order chi connectivity index (χ0) is 18.5. The molecule has 4 nitrogen and oxygen atoms in total. The average molecular weight is 349 g/mol. The summed E-state index contributed by atoms with van der Waals surface area (Å²) in [7, 11) is 0. The van der Waals surface area contributed by atoms with Crippen molar-refractivity contribution < 1.29 is 9.90 Å². The van der Waals surface area contributed by atoms with Gasteiger partial charge in [-0.05, 0) is 37.5 Å². The lowest BCUT2D eigenvalue weighted by atomic mass is 10.0. The standard InChI is InChI=1S/C21H36N2O2/c1-3-4-5-6-7-8-9-10-11-12-18-13-15-19(16-14-18)23-21(25)20(22)17(2)24/h13-17,20,24H,3-12,22H2,1-2H3,(H,23,25)/t17-,20+/m1/s1. The minimum Gasteiger partial charge on any atom is -0.391 e. The molecule has 1 aromatic carbocycles. The summed E-state index contributed by atoms with van der Waals surface area (Å²) >= 11 is 0. The molecular weight excluding hydrogens is 312 g/mol. The third kappa shape index (κ3) is 9.61. The summed E-state index contributed by atoms with van der Waals surface area (Å²) in [5.41, 5.74) is 7.63. The van der Waals surface area contributed by atoms with Crippen molar-refractivity contribution in [1.82, 2.24) is 0 Å². The lowest BCUT2D eigenvalue weighted by Crippen LogP contribution is -2.43. The SMILES string of the molecule is CCCCCCCCCCCc1ccc(NC(=O)[C@@H](N)[C@@H](C)O)cc1. The van der Waals surface area contributed by atoms with Crippen molar-refractivity contribution >= 4 is 11.6 Å². The van der Waals surface area contributed by atoms with Crippen LogP contribution >= 0.6 is 0 Å². The fourth-order valence-corrected chi connectivity index (χ4v) is 2.84. The van der Waals surface area contributed by atoms with E-state index < -0.39 is 12.1 Å². The monoisotopic (exact) mass is 348 g/mol. The molecule has 4 N–H and O–H groups in total. The van der Waals surface area contributed by atoms with Crippen molar-refractivity contribution in [3.63, 3.8) is 0 Å². The molecule has 0 aromatic heterocycles. The fourth-order valence-electron chi connectivity index (χ4n) is 2.84. The van der Waals surface area contributed by atoms with Crippen LogP contribution in [0.5, 0.6) is 0 Å². The van der Waals surface area contributed by atoms with Gasteiger partial charge in [-0.3, -0.25) is 4.79 Å². The van der Waals surface area contributed by atoms with E-state index in [0.29, 0.717) is 0 Å². The summed E-state index contributed by atoms with van der Waals surface area (Å²) < 4.78 is 0. The van der Waals surface area contributed by atoms with Crippen LogP contribution in [0.3, 0.4) is 0 Å². The third-order valence-corrected chi connectivity index (χ3v) is 4.61. The van der Waals surface area contributed by atoms with E-state index in [1.165, 1.54) is 70.3 Å². The number of carbonyl (C=O) groups is 1. The van der Waals surface area contributed by atoms with Gasteiger partial charge in [-0.2, -0.15) is 0 Å². The van der Waals surface area contributed by atoms with Gasteiger partial charge in [-0.25, -0.2) is 0 Å². The summed E-state index contributed by atoms with van der Waals surface area (Å²) in [6.07, 6.45) is 12.3. The van der Waals surface area contributed by atoms with Crippen LogP contribution in [0.2, 0.25) is 0 Å². The molecule has 0 saturated carbocycles. The van der Waals surface area contributed by atoms with Gasteiger partial charge in [0.15, 0.2) is 0 Å². The van der Waals surface area contributed by atoms with Gasteiger partial charge in [0.1, 0.15) is 6.04 Å². The van der Waals surface area contributed by atoms with Crippen LogP contribution in [-0.2, 0) is 11.2 Å². The minimum absolute atomic E-state index is 0.360. The van der Waals surface area contributed by atoms with Crippen LogP contribution in [0.25, 0.3) is 0 Å². The number of hydrogen-bond donors (Lipinski definition) is 3. The molecule has 0 fully saturated rings. The molecule has 0 heterocycles. The van der Waals surface area contributed by atoms with Crippen molar-refractivity contribution in [3.05, 3.63) is 29.8 Å². The molecule has 1 amide bonds. The van der Waals surface area contributed by atoms with Crippen LogP contribution in [-0.4, -0.2) is 23.2 Å². The molecule has 0 unspecified atom stereocenters. The second-order valence-electron chi connectivity index (χ2n) is 7.03. The van der Waals surface area contributed by atoms with Gasteiger partial charge in [0, 0.05) is 5.69 Å². The van der Waals surface area contributed by atoms with Crippen LogP contribution in [0.4, 0.5) is 5.69 Å². The van der Waals surface area contributed by atoms with E-state index in [-0.39, 0.29) is 5.91 Å². The topological polar surface area (TPSA) is 75.4 Å². The Bertz CT molecular complexity index is 471. The van der Waals surface area contributed by atoms with Gasteiger partial charge in [-0.15, -0.1) is 0 Å². The quantitative estimate of drug-likeness (QED) is 0.462. The van der Waals surface area contributed by atoms with Gasteiger partial charge in [0.25, 0.3) is 0 Å². The predicted octanol–water partition coefficient (Wildman–Crippen LogP) is 4.41. The number of carbonyl (C=O) groups excluding carboxylic acids is 1. The van der Waals surface area contributed by atoms with E-state index in [9.17, 15) is 9.90 Å². The molecule has 2 atom stereocenters. The molecule has 142 valence electrons. The summed E-state index contributed by atoms with van der Waals surface area (Å²) in [6.45, 7) is 3.77. The molecule has 1 rings (SSSR count). The highest BCUT2D eigenvalue weighted by atomic mass is 16.3. The number of aliphatic hydroxyl groups excluding tert-OH is 1. The number of rotatable bonds is 13. The summed E-state index contributed by atoms with van der Waals surface area (Å²) in [5.74, 6) is -0.360. The van der Waals surface area contributed by atoms with Crippen molar-refractivity contribution in [2.45, 2.75) is 90.2 Å². The first kappa shape index (κ1) is 21.7. The van der Waals surface area contributed by atoms with Crippen LogP contribution < -0.4 is 11.1 Å². The normalized spacial score (nSPS) is 13.4. The fraction of sp³-hybridized carbons (Fsp3) is 0.667. The number of anilines is 1. The second-order valence-corrected chi connectivity index (χ2v) is 7.03. The second kappa shape index (κ2) is 12.9. The van der Waals surface area contributed by atoms with Crippen molar-refractivity contribution in [2.24, 2.45) is 5.73 Å². The molecule has 0 radical (unpaired) electrons. The number of nitrogens with two attached hydrogens (primary N) is 1. The summed E-state index contributed by atoms with van der Waals surface area (Å²) in [5, 5.41) is 12.1. The highest BCUT2D eigenvalue weighted by Crippen LogP contribution is 2.14. The predicted molar refractivity (Wildman–Crippen MR) is 106 cm³/mol. The lowest BCUT2D eigenvalue weighted by Gasteiger charge is -2.14. The average Bonchev–Trinajstić information content (AvgIpc) is 2.60. The number of hydrogen-bond acceptors (Lipinski definition) is 3. The van der Waals surface area contributed by atoms with Crippen LogP contribution in [0, 0.1) is 0 Å². The van der Waals surface area contributed by atoms with Gasteiger partial charge in [0.05, 0.1) is 6.10 Å². The Hall–Kier alpha value is -1.39. The van der Waals surface area contributed by atoms with E-state index in [1.54, 1.807) is 0 Å². The number of unbranched alkanes of at least 4 members (excludes halogenated alkanes) is 8. The van der Waals surface area contributed by atoms with Crippen LogP contribution in [0.1, 0.15) is 77.2 Å². The minimum atomic E-state index is -0.901. The third-order valence-electron chi connectivity index (χ3n) is 4.61. The number of amides is 1. The van der Waals surface area contributed by atoms with Gasteiger partial charge >= 0.3 is 0 Å². The van der Waals surface area contributed by atoms with E-state index in [0.717, 1.165) is 12.1 Å². The Kier molecular flexibility index (Phi) is 11.2. The first-order valence-electron chi connectivity index (χ1n) is 9.88. The Labute approximate surface area is 153 Å². The lowest BCUT2D eigenvalue weighted by molar-refractivity contribution is -0.119. The van der Waals surface area contributed by atoms with Gasteiger partial charge in [0.2, 0.25) is 5.91 Å². The van der Waals surface area contributed by atoms with E-state index in [2.05, 4.69) is 12.2 Å². The van der Waals surface area contributed by atoms with Crippen molar-refractivity contribution in [2.75, 3.05) is 5.32 Å². The first-order chi connectivity index (χ1) is 12.0. The number of benzene rings is 1. The van der Waals surface area contributed by atoms with Crippen LogP contribution in [0.15, 0.2) is 24.3 Å². The first-order valence-corrected chi connectivity index (χ1v) is 9.88. The maximum Gasteiger partial charge on any atom is 0.243 e. The zero-order valence-electron chi connectivity index (χ0n) is 16.0. The molecule has 1 aromatic rings. The Morgan fingerprint density at radius 2 is 1.52 bits per heavy atom. The molecule has 0 aliphatic heterocycles. The largest absolute Gasteiger partial charge is 0.391 e. The molecule has 0 spiro atoms. The Morgan fingerprint density at radius 3 is 2.04 bits per heavy atom. The van der Waals surface area contributed by atoms with Crippen molar-refractivity contribution in [3.8, 4) is 0 Å². The van der Waals surface area contributed by atoms with E-state index in [4.69, 9.17) is 5.73 Å². The number of aliphatic hydroxyl groups is 1. The number of aryl methyl sites for hydroxylation is 1. The maximum atomic E-state index is 11.8. The zero-order valence-corrected chi connectivity index (χ0v) is 16.0. The van der Waals surface area contributed by atoms with E-state index >= 15 is 0 Å². The molecular formula is C21H36N2O2. The Balaban J connectivity index is 2.17. The molecule has 0 bridgehead atoms. The molecule has 0 saturated heterocycles. The van der Waals surface area contributed by atoms with Gasteiger partial charge < -0.3 is 16.2 Å². The highest BCUT2D eigenvalue weighted by Gasteiger charge is 2.18. The van der Waals surface area contributed by atoms with Gasteiger partial charge in [-0.1, -0.05) is 70.4 Å². The number of nitrogens with one attached hydrogen (secondary N) is 1. The highest BCUT2D eigenvalue weighted by molar-refractivity contribution is 5.95. The summed E-state index contributed by atoms with van der Waals surface area (Å²) in [6, 6.07) is 7.00. The summed E-state index contributed by atoms with van der Waals surface area (Å²) in [4.78, 5) is 11.8. The van der Waals surface area contributed by atoms with E-state index in [1.807, 2.05) is 24.3 Å². The molecule has 25 heavy (non-hydrogen) atoms. The maximum absolute atomic E-state index is 11.8.